The van der Waals surface area contributed by atoms with Crippen LogP contribution in [0.5, 0.6) is 0 Å². The molecular weight excluding hydrogens is 244 g/mol. The topological polar surface area (TPSA) is 78.4 Å². The van der Waals surface area contributed by atoms with E-state index in [0.29, 0.717) is 19.4 Å². The van der Waals surface area contributed by atoms with Gasteiger partial charge in [0.1, 0.15) is 0 Å². The maximum atomic E-state index is 11.5. The second-order valence-electron chi connectivity index (χ2n) is 4.45. The first-order valence-corrected chi connectivity index (χ1v) is 6.38. The molecule has 19 heavy (non-hydrogen) atoms. The average Bonchev–Trinajstić information content (AvgIpc) is 2.42. The van der Waals surface area contributed by atoms with Gasteiger partial charge in [0.15, 0.2) is 0 Å². The van der Waals surface area contributed by atoms with E-state index in [4.69, 9.17) is 5.11 Å². The van der Waals surface area contributed by atoms with Crippen LogP contribution in [0.15, 0.2) is 30.3 Å². The van der Waals surface area contributed by atoms with E-state index in [2.05, 4.69) is 10.6 Å². The summed E-state index contributed by atoms with van der Waals surface area (Å²) >= 11 is 0. The highest BCUT2D eigenvalue weighted by atomic mass is 16.4. The highest BCUT2D eigenvalue weighted by Crippen LogP contribution is 2.05. The van der Waals surface area contributed by atoms with Gasteiger partial charge >= 0.3 is 5.97 Å². The fraction of sp³-hybridized carbons (Fsp3) is 0.429. The van der Waals surface area contributed by atoms with Gasteiger partial charge in [0.25, 0.3) is 0 Å². The van der Waals surface area contributed by atoms with E-state index in [1.54, 1.807) is 6.92 Å². The number of nitrogens with one attached hydrogen (secondary N) is 2. The van der Waals surface area contributed by atoms with Crippen molar-refractivity contribution in [3.8, 4) is 0 Å². The summed E-state index contributed by atoms with van der Waals surface area (Å²) in [6, 6.07) is 9.49. The lowest BCUT2D eigenvalue weighted by Crippen LogP contribution is -2.30. The van der Waals surface area contributed by atoms with Gasteiger partial charge in [-0.1, -0.05) is 25.1 Å². The van der Waals surface area contributed by atoms with Crippen molar-refractivity contribution in [2.24, 2.45) is 5.92 Å². The maximum absolute atomic E-state index is 11.5. The molecule has 1 amide bonds. The summed E-state index contributed by atoms with van der Waals surface area (Å²) in [4.78, 5) is 22.1. The average molecular weight is 264 g/mol. The molecule has 0 heterocycles. The lowest BCUT2D eigenvalue weighted by atomic mass is 10.1. The molecule has 1 aromatic rings. The second-order valence-corrected chi connectivity index (χ2v) is 4.45. The number of para-hydroxylation sites is 1. The highest BCUT2D eigenvalue weighted by Gasteiger charge is 2.09. The minimum Gasteiger partial charge on any atom is -0.481 e. The Morgan fingerprint density at radius 3 is 2.58 bits per heavy atom. The monoisotopic (exact) mass is 264 g/mol. The van der Waals surface area contributed by atoms with Gasteiger partial charge in [0.2, 0.25) is 5.91 Å². The molecular formula is C14H20N2O3. The lowest BCUT2D eigenvalue weighted by Gasteiger charge is -2.09. The standard InChI is InChI=1S/C14H20N2O3/c1-11(14(18)19)6-5-9-15-13(17)10-16-12-7-3-2-4-8-12/h2-4,7-8,11,16H,5-6,9-10H2,1H3,(H,15,17)(H,18,19). The summed E-state index contributed by atoms with van der Waals surface area (Å²) in [5, 5.41) is 14.5. The van der Waals surface area contributed by atoms with E-state index in [1.807, 2.05) is 30.3 Å². The summed E-state index contributed by atoms with van der Waals surface area (Å²) < 4.78 is 0. The number of aliphatic carboxylic acids is 1. The van der Waals surface area contributed by atoms with Gasteiger partial charge in [-0.2, -0.15) is 0 Å². The van der Waals surface area contributed by atoms with E-state index >= 15 is 0 Å². The predicted molar refractivity (Wildman–Crippen MR) is 74.0 cm³/mol. The van der Waals surface area contributed by atoms with Crippen molar-refractivity contribution in [1.82, 2.24) is 5.32 Å². The Bertz CT molecular complexity index is 406. The smallest absolute Gasteiger partial charge is 0.306 e. The molecule has 0 aliphatic rings. The van der Waals surface area contributed by atoms with Crippen molar-refractivity contribution < 1.29 is 14.7 Å². The van der Waals surface area contributed by atoms with Crippen LogP contribution in [0.25, 0.3) is 0 Å². The Morgan fingerprint density at radius 2 is 1.95 bits per heavy atom. The normalized spacial score (nSPS) is 11.6. The Balaban J connectivity index is 2.10. The lowest BCUT2D eigenvalue weighted by molar-refractivity contribution is -0.141. The van der Waals surface area contributed by atoms with Crippen LogP contribution in [0.2, 0.25) is 0 Å². The summed E-state index contributed by atoms with van der Waals surface area (Å²) in [5.74, 6) is -1.25. The van der Waals surface area contributed by atoms with Crippen LogP contribution in [-0.2, 0) is 9.59 Å². The van der Waals surface area contributed by atoms with Crippen molar-refractivity contribution in [1.29, 1.82) is 0 Å². The summed E-state index contributed by atoms with van der Waals surface area (Å²) in [6.07, 6.45) is 1.24. The molecule has 0 saturated carbocycles. The fourth-order valence-electron chi connectivity index (χ4n) is 1.56. The van der Waals surface area contributed by atoms with E-state index in [1.165, 1.54) is 0 Å². The Hall–Kier alpha value is -2.04. The molecule has 0 spiro atoms. The minimum absolute atomic E-state index is 0.0909. The molecule has 1 rings (SSSR count). The number of hydrogen-bond donors (Lipinski definition) is 3. The van der Waals surface area contributed by atoms with Crippen LogP contribution in [0.3, 0.4) is 0 Å². The third-order valence-electron chi connectivity index (χ3n) is 2.78. The van der Waals surface area contributed by atoms with Crippen molar-refractivity contribution in [2.45, 2.75) is 19.8 Å². The first-order valence-electron chi connectivity index (χ1n) is 6.38. The third-order valence-corrected chi connectivity index (χ3v) is 2.78. The van der Waals surface area contributed by atoms with Crippen LogP contribution in [0, 0.1) is 5.92 Å². The highest BCUT2D eigenvalue weighted by molar-refractivity contribution is 5.80. The molecule has 0 bridgehead atoms. The molecule has 0 aliphatic heterocycles. The van der Waals surface area contributed by atoms with Crippen LogP contribution in [0.1, 0.15) is 19.8 Å². The second kappa shape index (κ2) is 8.13. The summed E-state index contributed by atoms with van der Waals surface area (Å²) in [5.41, 5.74) is 0.900. The van der Waals surface area contributed by atoms with Gasteiger partial charge in [0.05, 0.1) is 12.5 Å². The molecule has 0 aromatic heterocycles. The zero-order valence-electron chi connectivity index (χ0n) is 11.1. The number of carbonyl (C=O) groups is 2. The first kappa shape index (κ1) is 15.0. The number of benzene rings is 1. The first-order chi connectivity index (χ1) is 9.09. The zero-order valence-corrected chi connectivity index (χ0v) is 11.1. The molecule has 0 fully saturated rings. The van der Waals surface area contributed by atoms with Gasteiger partial charge in [-0.05, 0) is 25.0 Å². The summed E-state index contributed by atoms with van der Waals surface area (Å²) in [7, 11) is 0. The molecule has 1 aromatic carbocycles. The fourth-order valence-corrected chi connectivity index (χ4v) is 1.56. The molecule has 1 atom stereocenters. The number of carboxylic acids is 1. The SMILES string of the molecule is CC(CCCNC(=O)CNc1ccccc1)C(=O)O. The Labute approximate surface area is 113 Å². The van der Waals surface area contributed by atoms with Gasteiger partial charge in [-0.3, -0.25) is 9.59 Å². The predicted octanol–water partition coefficient (Wildman–Crippen LogP) is 1.72. The van der Waals surface area contributed by atoms with E-state index in [-0.39, 0.29) is 18.4 Å². The maximum Gasteiger partial charge on any atom is 0.306 e. The number of hydrogen-bond acceptors (Lipinski definition) is 3. The number of carboxylic acid groups (broad SMARTS) is 1. The Morgan fingerprint density at radius 1 is 1.26 bits per heavy atom. The van der Waals surface area contributed by atoms with Crippen LogP contribution >= 0.6 is 0 Å². The van der Waals surface area contributed by atoms with Gasteiger partial charge in [-0.15, -0.1) is 0 Å². The van der Waals surface area contributed by atoms with Crippen LogP contribution < -0.4 is 10.6 Å². The number of amides is 1. The van der Waals surface area contributed by atoms with Crippen LogP contribution in [0.4, 0.5) is 5.69 Å². The van der Waals surface area contributed by atoms with E-state index in [0.717, 1.165) is 5.69 Å². The van der Waals surface area contributed by atoms with E-state index in [9.17, 15) is 9.59 Å². The quantitative estimate of drug-likeness (QED) is 0.625. The number of carbonyl (C=O) groups excluding carboxylic acids is 1. The molecule has 1 unspecified atom stereocenters. The van der Waals surface area contributed by atoms with Crippen molar-refractivity contribution in [2.75, 3.05) is 18.4 Å². The summed E-state index contributed by atoms with van der Waals surface area (Å²) in [6.45, 7) is 2.40. The molecule has 104 valence electrons. The molecule has 3 N–H and O–H groups in total. The van der Waals surface area contributed by atoms with Crippen molar-refractivity contribution in [3.63, 3.8) is 0 Å². The number of anilines is 1. The van der Waals surface area contributed by atoms with E-state index < -0.39 is 5.97 Å². The molecule has 0 aliphatic carbocycles. The van der Waals surface area contributed by atoms with Gasteiger partial charge < -0.3 is 15.7 Å². The molecule has 5 heteroatoms. The molecule has 0 saturated heterocycles. The van der Waals surface area contributed by atoms with Gasteiger partial charge in [0, 0.05) is 12.2 Å². The van der Waals surface area contributed by atoms with Crippen LogP contribution in [-0.4, -0.2) is 30.1 Å². The number of rotatable bonds is 8. The third kappa shape index (κ3) is 6.45. The van der Waals surface area contributed by atoms with Crippen molar-refractivity contribution >= 4 is 17.6 Å². The zero-order chi connectivity index (χ0) is 14.1. The Kier molecular flexibility index (Phi) is 6.43. The molecule has 5 nitrogen and oxygen atoms in total. The molecule has 0 radical (unpaired) electrons. The largest absolute Gasteiger partial charge is 0.481 e. The minimum atomic E-state index is -0.794. The van der Waals surface area contributed by atoms with Gasteiger partial charge in [-0.25, -0.2) is 0 Å². The van der Waals surface area contributed by atoms with Crippen molar-refractivity contribution in [3.05, 3.63) is 30.3 Å².